The van der Waals surface area contributed by atoms with Gasteiger partial charge in [0.25, 0.3) is 0 Å². The average Bonchev–Trinajstić information content (AvgIpc) is 2.78. The summed E-state index contributed by atoms with van der Waals surface area (Å²) in [7, 11) is 3.42. The summed E-state index contributed by atoms with van der Waals surface area (Å²) in [5, 5.41) is 0. The predicted molar refractivity (Wildman–Crippen MR) is 80.3 cm³/mol. The Kier molecular flexibility index (Phi) is 4.16. The van der Waals surface area contributed by atoms with Crippen LogP contribution in [0.4, 0.5) is 0 Å². The van der Waals surface area contributed by atoms with Crippen LogP contribution in [0.25, 0.3) is 0 Å². The highest BCUT2D eigenvalue weighted by molar-refractivity contribution is 5.89. The number of methoxy groups -OCH3 is 1. The first kappa shape index (κ1) is 15.0. The minimum Gasteiger partial charge on any atom is -0.469 e. The molecule has 0 N–H and O–H groups in total. The number of fused-ring (bicyclic) bond motifs is 2. The molecule has 2 aliphatic rings. The van der Waals surface area contributed by atoms with Gasteiger partial charge in [0.2, 0.25) is 0 Å². The second-order valence-electron chi connectivity index (χ2n) is 6.06. The number of nitrogens with zero attached hydrogens (tertiary/aromatic N) is 1. The van der Waals surface area contributed by atoms with E-state index in [1.165, 1.54) is 7.11 Å². The lowest BCUT2D eigenvalue weighted by molar-refractivity contribution is -0.156. The van der Waals surface area contributed by atoms with Gasteiger partial charge in [-0.2, -0.15) is 0 Å². The van der Waals surface area contributed by atoms with Crippen molar-refractivity contribution in [3.05, 3.63) is 35.9 Å². The number of benzene rings is 1. The molecule has 2 saturated heterocycles. The third kappa shape index (κ3) is 2.61. The number of carbonyl (C=O) groups is 2. The van der Waals surface area contributed by atoms with Crippen molar-refractivity contribution in [3.8, 4) is 0 Å². The molecule has 0 amide bonds. The summed E-state index contributed by atoms with van der Waals surface area (Å²) in [4.78, 5) is 26.7. The molecule has 1 aromatic carbocycles. The molecule has 0 aromatic heterocycles. The summed E-state index contributed by atoms with van der Waals surface area (Å²) >= 11 is 0. The standard InChI is InChI=1S/C17H21NO4/c1-18-12-8-9-13(18)15(17(20)21-2)14(10-12)22-16(19)11-6-4-3-5-7-11/h3-7,12-15H,8-10H2,1-2H3/t12-,13?,14-,15?/m0/s1. The van der Waals surface area contributed by atoms with Crippen molar-refractivity contribution in [1.82, 2.24) is 4.90 Å². The Bertz CT molecular complexity index is 559. The van der Waals surface area contributed by atoms with Crippen LogP contribution < -0.4 is 0 Å². The third-order valence-electron chi connectivity index (χ3n) is 4.96. The van der Waals surface area contributed by atoms with E-state index in [-0.39, 0.29) is 18.0 Å². The summed E-state index contributed by atoms with van der Waals surface area (Å²) in [5.74, 6) is -1.06. The van der Waals surface area contributed by atoms with Gasteiger partial charge < -0.3 is 9.47 Å². The molecule has 3 rings (SSSR count). The first-order chi connectivity index (χ1) is 10.6. The third-order valence-corrected chi connectivity index (χ3v) is 4.96. The number of piperidine rings is 1. The predicted octanol–water partition coefficient (Wildman–Crippen LogP) is 1.87. The normalized spacial score (nSPS) is 30.8. The number of carbonyl (C=O) groups excluding carboxylic acids is 2. The van der Waals surface area contributed by atoms with Gasteiger partial charge in [0.05, 0.1) is 12.7 Å². The van der Waals surface area contributed by atoms with Crippen molar-refractivity contribution in [1.29, 1.82) is 0 Å². The number of hydrogen-bond acceptors (Lipinski definition) is 5. The number of rotatable bonds is 3. The Morgan fingerprint density at radius 3 is 2.59 bits per heavy atom. The zero-order chi connectivity index (χ0) is 15.7. The zero-order valence-corrected chi connectivity index (χ0v) is 12.9. The Hall–Kier alpha value is -1.88. The quantitative estimate of drug-likeness (QED) is 0.798. The van der Waals surface area contributed by atoms with Crippen LogP contribution in [0.2, 0.25) is 0 Å². The molecule has 2 heterocycles. The largest absolute Gasteiger partial charge is 0.469 e. The van der Waals surface area contributed by atoms with E-state index in [1.807, 2.05) is 13.1 Å². The van der Waals surface area contributed by atoms with Crippen LogP contribution in [0.1, 0.15) is 29.6 Å². The average molecular weight is 303 g/mol. The van der Waals surface area contributed by atoms with Crippen LogP contribution in [0.5, 0.6) is 0 Å². The maximum absolute atomic E-state index is 12.3. The van der Waals surface area contributed by atoms with Gasteiger partial charge in [-0.3, -0.25) is 9.69 Å². The summed E-state index contributed by atoms with van der Waals surface area (Å²) in [6.07, 6.45) is 2.26. The van der Waals surface area contributed by atoms with E-state index in [0.717, 1.165) is 12.8 Å². The fraction of sp³-hybridized carbons (Fsp3) is 0.529. The molecule has 0 aliphatic carbocycles. The molecule has 2 bridgehead atoms. The van der Waals surface area contributed by atoms with Crippen molar-refractivity contribution >= 4 is 11.9 Å². The number of ether oxygens (including phenoxy) is 2. The summed E-state index contributed by atoms with van der Waals surface area (Å²) in [6, 6.07) is 9.36. The van der Waals surface area contributed by atoms with Gasteiger partial charge >= 0.3 is 11.9 Å². The molecule has 2 unspecified atom stereocenters. The van der Waals surface area contributed by atoms with Gasteiger partial charge in [-0.25, -0.2) is 4.79 Å². The summed E-state index contributed by atoms with van der Waals surface area (Å²) < 4.78 is 10.6. The zero-order valence-electron chi connectivity index (χ0n) is 12.9. The van der Waals surface area contributed by atoms with E-state index in [1.54, 1.807) is 24.3 Å². The first-order valence-electron chi connectivity index (χ1n) is 7.67. The molecule has 118 valence electrons. The summed E-state index contributed by atoms with van der Waals surface area (Å²) in [5.41, 5.74) is 0.511. The molecule has 0 radical (unpaired) electrons. The van der Waals surface area contributed by atoms with E-state index < -0.39 is 12.0 Å². The van der Waals surface area contributed by atoms with Crippen LogP contribution >= 0.6 is 0 Å². The molecule has 0 saturated carbocycles. The smallest absolute Gasteiger partial charge is 0.338 e. The van der Waals surface area contributed by atoms with Crippen molar-refractivity contribution in [2.75, 3.05) is 14.2 Å². The minimum absolute atomic E-state index is 0.0970. The van der Waals surface area contributed by atoms with Gasteiger partial charge in [-0.1, -0.05) is 18.2 Å². The van der Waals surface area contributed by atoms with E-state index in [2.05, 4.69) is 4.90 Å². The van der Waals surface area contributed by atoms with Crippen molar-refractivity contribution in [2.45, 2.75) is 37.5 Å². The topological polar surface area (TPSA) is 55.8 Å². The Balaban J connectivity index is 1.79. The maximum Gasteiger partial charge on any atom is 0.338 e. The van der Waals surface area contributed by atoms with Gasteiger partial charge in [0.1, 0.15) is 12.0 Å². The minimum atomic E-state index is -0.408. The van der Waals surface area contributed by atoms with Crippen LogP contribution in [-0.4, -0.2) is 49.2 Å². The lowest BCUT2D eigenvalue weighted by atomic mass is 9.87. The van der Waals surface area contributed by atoms with E-state index >= 15 is 0 Å². The van der Waals surface area contributed by atoms with Crippen molar-refractivity contribution in [3.63, 3.8) is 0 Å². The van der Waals surface area contributed by atoms with Gasteiger partial charge in [0, 0.05) is 18.5 Å². The van der Waals surface area contributed by atoms with Crippen molar-refractivity contribution < 1.29 is 19.1 Å². The molecule has 2 fully saturated rings. The van der Waals surface area contributed by atoms with Gasteiger partial charge in [-0.15, -0.1) is 0 Å². The second kappa shape index (κ2) is 6.08. The molecule has 4 atom stereocenters. The highest BCUT2D eigenvalue weighted by Gasteiger charge is 2.50. The number of esters is 2. The number of hydrogen-bond donors (Lipinski definition) is 0. The fourth-order valence-electron chi connectivity index (χ4n) is 3.77. The Morgan fingerprint density at radius 2 is 1.91 bits per heavy atom. The fourth-order valence-corrected chi connectivity index (χ4v) is 3.77. The van der Waals surface area contributed by atoms with E-state index in [4.69, 9.17) is 9.47 Å². The Labute approximate surface area is 130 Å². The van der Waals surface area contributed by atoms with Gasteiger partial charge in [0.15, 0.2) is 0 Å². The van der Waals surface area contributed by atoms with Crippen LogP contribution in [0.15, 0.2) is 30.3 Å². The lowest BCUT2D eigenvalue weighted by Crippen LogP contribution is -2.53. The molecule has 5 nitrogen and oxygen atoms in total. The molecule has 2 aliphatic heterocycles. The van der Waals surface area contributed by atoms with Crippen molar-refractivity contribution in [2.24, 2.45) is 5.92 Å². The molecule has 5 heteroatoms. The van der Waals surface area contributed by atoms with Crippen LogP contribution in [0.3, 0.4) is 0 Å². The Morgan fingerprint density at radius 1 is 1.18 bits per heavy atom. The summed E-state index contributed by atoms with van der Waals surface area (Å²) in [6.45, 7) is 0. The molecule has 1 aromatic rings. The highest BCUT2D eigenvalue weighted by Crippen LogP contribution is 2.40. The van der Waals surface area contributed by atoms with Crippen LogP contribution in [-0.2, 0) is 14.3 Å². The lowest BCUT2D eigenvalue weighted by Gasteiger charge is -2.40. The molecular weight excluding hydrogens is 282 g/mol. The van der Waals surface area contributed by atoms with Gasteiger partial charge in [-0.05, 0) is 32.0 Å². The van der Waals surface area contributed by atoms with Crippen LogP contribution in [0, 0.1) is 5.92 Å². The van der Waals surface area contributed by atoms with E-state index in [9.17, 15) is 9.59 Å². The molecule has 22 heavy (non-hydrogen) atoms. The SMILES string of the molecule is COC(=O)C1C2CC[C@@H](C[C@@H]1OC(=O)c1ccccc1)N2C. The maximum atomic E-state index is 12.3. The highest BCUT2D eigenvalue weighted by atomic mass is 16.6. The second-order valence-corrected chi connectivity index (χ2v) is 6.06. The molecule has 0 spiro atoms. The first-order valence-corrected chi connectivity index (χ1v) is 7.67. The monoisotopic (exact) mass is 303 g/mol. The molecular formula is C17H21NO4. The van der Waals surface area contributed by atoms with E-state index in [0.29, 0.717) is 18.0 Å².